The summed E-state index contributed by atoms with van der Waals surface area (Å²) in [6, 6.07) is 9.48. The van der Waals surface area contributed by atoms with Crippen LogP contribution in [-0.2, 0) is 0 Å². The van der Waals surface area contributed by atoms with Gasteiger partial charge in [0, 0.05) is 30.9 Å². The van der Waals surface area contributed by atoms with Crippen LogP contribution in [0.2, 0.25) is 0 Å². The van der Waals surface area contributed by atoms with Crippen LogP contribution < -0.4 is 10.2 Å². The van der Waals surface area contributed by atoms with E-state index in [1.54, 1.807) is 0 Å². The van der Waals surface area contributed by atoms with Gasteiger partial charge >= 0.3 is 0 Å². The smallest absolute Gasteiger partial charge is 0.251 e. The molecule has 1 heterocycles. The molecular weight excluding hydrogens is 308 g/mol. The average molecular weight is 332 g/mol. The molecule has 0 aliphatic rings. The van der Waals surface area contributed by atoms with Crippen LogP contribution in [0.5, 0.6) is 0 Å². The predicted molar refractivity (Wildman–Crippen MR) is 96.2 cm³/mol. The van der Waals surface area contributed by atoms with Gasteiger partial charge in [0.1, 0.15) is 0 Å². The number of thiophene rings is 1. The number of carbonyl (C=O) groups excluding carboxylic acids is 1. The molecule has 5 heteroatoms. The van der Waals surface area contributed by atoms with Crippen LogP contribution in [0.1, 0.15) is 42.3 Å². The van der Waals surface area contributed by atoms with Gasteiger partial charge < -0.3 is 15.3 Å². The predicted octanol–water partition coefficient (Wildman–Crippen LogP) is 3.45. The highest BCUT2D eigenvalue weighted by atomic mass is 32.1. The van der Waals surface area contributed by atoms with E-state index in [1.807, 2.05) is 41.1 Å². The third-order valence-electron chi connectivity index (χ3n) is 3.75. The molecule has 0 radical (unpaired) electrons. The number of anilines is 1. The number of aliphatic hydroxyl groups is 1. The number of aliphatic hydroxyl groups excluding tert-OH is 1. The molecule has 0 saturated heterocycles. The van der Waals surface area contributed by atoms with Gasteiger partial charge in [0.05, 0.1) is 6.10 Å². The van der Waals surface area contributed by atoms with Gasteiger partial charge in [-0.1, -0.05) is 6.92 Å². The minimum absolute atomic E-state index is 0.163. The van der Waals surface area contributed by atoms with Crippen molar-refractivity contribution in [2.24, 2.45) is 0 Å². The molecule has 2 N–H and O–H groups in total. The van der Waals surface area contributed by atoms with Crippen LogP contribution in [-0.4, -0.2) is 30.6 Å². The van der Waals surface area contributed by atoms with Crippen LogP contribution >= 0.6 is 11.3 Å². The lowest BCUT2D eigenvalue weighted by molar-refractivity contribution is 0.0916. The van der Waals surface area contributed by atoms with Crippen LogP contribution in [0.3, 0.4) is 0 Å². The molecular formula is C18H24N2O2S. The summed E-state index contributed by atoms with van der Waals surface area (Å²) in [5.41, 5.74) is 2.58. The SMILES string of the molecule is CCCN(CC)c1ccc(C(=O)NCC(O)c2ccsc2)cc1. The van der Waals surface area contributed by atoms with Crippen molar-refractivity contribution in [1.29, 1.82) is 0 Å². The lowest BCUT2D eigenvalue weighted by Crippen LogP contribution is -2.28. The Kier molecular flexibility index (Phi) is 6.62. The fraction of sp³-hybridized carbons (Fsp3) is 0.389. The van der Waals surface area contributed by atoms with Gasteiger partial charge in [-0.3, -0.25) is 4.79 Å². The highest BCUT2D eigenvalue weighted by molar-refractivity contribution is 7.07. The van der Waals surface area contributed by atoms with Gasteiger partial charge in [-0.05, 0) is 60.0 Å². The number of hydrogen-bond acceptors (Lipinski definition) is 4. The molecule has 1 aromatic heterocycles. The largest absolute Gasteiger partial charge is 0.387 e. The Morgan fingerprint density at radius 1 is 1.26 bits per heavy atom. The van der Waals surface area contributed by atoms with Gasteiger partial charge in [0.15, 0.2) is 0 Å². The van der Waals surface area contributed by atoms with Crippen molar-refractivity contribution in [3.05, 3.63) is 52.2 Å². The number of amides is 1. The van der Waals surface area contributed by atoms with E-state index in [2.05, 4.69) is 24.1 Å². The standard InChI is InChI=1S/C18H24N2O2S/c1-3-10-20(4-2)16-7-5-14(6-8-16)18(22)19-12-17(21)15-9-11-23-13-15/h5-9,11,13,17,21H,3-4,10,12H2,1-2H3,(H,19,22). The van der Waals surface area contributed by atoms with Crippen molar-refractivity contribution in [3.8, 4) is 0 Å². The molecule has 1 unspecified atom stereocenters. The van der Waals surface area contributed by atoms with Crippen molar-refractivity contribution in [1.82, 2.24) is 5.32 Å². The van der Waals surface area contributed by atoms with E-state index < -0.39 is 6.10 Å². The molecule has 2 rings (SSSR count). The summed E-state index contributed by atoms with van der Waals surface area (Å²) in [4.78, 5) is 14.4. The van der Waals surface area contributed by atoms with Gasteiger partial charge in [-0.25, -0.2) is 0 Å². The van der Waals surface area contributed by atoms with Crippen molar-refractivity contribution in [2.45, 2.75) is 26.4 Å². The number of nitrogens with zero attached hydrogens (tertiary/aromatic N) is 1. The molecule has 0 saturated carbocycles. The number of hydrogen-bond donors (Lipinski definition) is 2. The number of benzene rings is 1. The van der Waals surface area contributed by atoms with Gasteiger partial charge in [0.2, 0.25) is 0 Å². The molecule has 0 fully saturated rings. The Balaban J connectivity index is 1.92. The van der Waals surface area contributed by atoms with Crippen molar-refractivity contribution in [2.75, 3.05) is 24.5 Å². The third-order valence-corrected chi connectivity index (χ3v) is 4.46. The molecule has 1 atom stereocenters. The first kappa shape index (κ1) is 17.5. The van der Waals surface area contributed by atoms with Crippen LogP contribution in [0, 0.1) is 0 Å². The molecule has 2 aromatic rings. The van der Waals surface area contributed by atoms with E-state index >= 15 is 0 Å². The summed E-state index contributed by atoms with van der Waals surface area (Å²) in [6.07, 6.45) is 0.431. The van der Waals surface area contributed by atoms with Crippen LogP contribution in [0.4, 0.5) is 5.69 Å². The zero-order chi connectivity index (χ0) is 16.7. The maximum absolute atomic E-state index is 12.2. The normalized spacial score (nSPS) is 12.0. The van der Waals surface area contributed by atoms with Crippen molar-refractivity contribution in [3.63, 3.8) is 0 Å². The first-order valence-corrected chi connectivity index (χ1v) is 8.93. The van der Waals surface area contributed by atoms with Gasteiger partial charge in [-0.15, -0.1) is 0 Å². The third kappa shape index (κ3) is 4.81. The maximum atomic E-state index is 12.2. The van der Waals surface area contributed by atoms with Gasteiger partial charge in [0.25, 0.3) is 5.91 Å². The Morgan fingerprint density at radius 3 is 2.57 bits per heavy atom. The summed E-state index contributed by atoms with van der Waals surface area (Å²) >= 11 is 1.53. The lowest BCUT2D eigenvalue weighted by atomic mass is 10.1. The summed E-state index contributed by atoms with van der Waals surface area (Å²) < 4.78 is 0. The number of carbonyl (C=O) groups is 1. The minimum Gasteiger partial charge on any atom is -0.387 e. The lowest BCUT2D eigenvalue weighted by Gasteiger charge is -2.22. The van der Waals surface area contributed by atoms with E-state index in [-0.39, 0.29) is 12.5 Å². The van der Waals surface area contributed by atoms with Gasteiger partial charge in [-0.2, -0.15) is 11.3 Å². The molecule has 1 amide bonds. The zero-order valence-corrected chi connectivity index (χ0v) is 14.5. The Bertz CT molecular complexity index is 596. The Labute approximate surface area is 141 Å². The second-order valence-corrected chi connectivity index (χ2v) is 6.19. The first-order valence-electron chi connectivity index (χ1n) is 7.99. The molecule has 0 spiro atoms. The number of nitrogens with one attached hydrogen (secondary N) is 1. The average Bonchev–Trinajstić information content (AvgIpc) is 3.12. The van der Waals surface area contributed by atoms with E-state index in [0.29, 0.717) is 5.56 Å². The fourth-order valence-electron chi connectivity index (χ4n) is 2.44. The molecule has 0 bridgehead atoms. The molecule has 0 aliphatic carbocycles. The summed E-state index contributed by atoms with van der Waals surface area (Å²) in [5.74, 6) is -0.163. The second-order valence-electron chi connectivity index (χ2n) is 5.41. The van der Waals surface area contributed by atoms with E-state index in [4.69, 9.17) is 0 Å². The van der Waals surface area contributed by atoms with Crippen LogP contribution in [0.15, 0.2) is 41.1 Å². The molecule has 124 valence electrons. The highest BCUT2D eigenvalue weighted by Gasteiger charge is 2.11. The minimum atomic E-state index is -0.662. The molecule has 1 aromatic carbocycles. The highest BCUT2D eigenvalue weighted by Crippen LogP contribution is 2.17. The second kappa shape index (κ2) is 8.70. The molecule has 0 aliphatic heterocycles. The number of rotatable bonds is 8. The fourth-order valence-corrected chi connectivity index (χ4v) is 3.14. The summed E-state index contributed by atoms with van der Waals surface area (Å²) in [5, 5.41) is 16.6. The van der Waals surface area contributed by atoms with Crippen LogP contribution in [0.25, 0.3) is 0 Å². The summed E-state index contributed by atoms with van der Waals surface area (Å²) in [6.45, 7) is 6.46. The Morgan fingerprint density at radius 2 is 2.00 bits per heavy atom. The monoisotopic (exact) mass is 332 g/mol. The van der Waals surface area contributed by atoms with E-state index in [0.717, 1.165) is 30.8 Å². The Hall–Kier alpha value is -1.85. The topological polar surface area (TPSA) is 52.6 Å². The summed E-state index contributed by atoms with van der Waals surface area (Å²) in [7, 11) is 0. The molecule has 23 heavy (non-hydrogen) atoms. The van der Waals surface area contributed by atoms with Crippen molar-refractivity contribution < 1.29 is 9.90 Å². The van der Waals surface area contributed by atoms with E-state index in [9.17, 15) is 9.90 Å². The first-order chi connectivity index (χ1) is 11.2. The maximum Gasteiger partial charge on any atom is 0.251 e. The molecule has 4 nitrogen and oxygen atoms in total. The zero-order valence-electron chi connectivity index (χ0n) is 13.7. The van der Waals surface area contributed by atoms with E-state index in [1.165, 1.54) is 11.3 Å². The van der Waals surface area contributed by atoms with Crippen molar-refractivity contribution >= 4 is 22.9 Å². The quantitative estimate of drug-likeness (QED) is 0.778.